The summed E-state index contributed by atoms with van der Waals surface area (Å²) in [5.74, 6) is 0.736. The summed E-state index contributed by atoms with van der Waals surface area (Å²) in [5, 5.41) is 16.8. The van der Waals surface area contributed by atoms with E-state index in [9.17, 15) is 14.9 Å². The predicted molar refractivity (Wildman–Crippen MR) is 131 cm³/mol. The second-order valence-corrected chi connectivity index (χ2v) is 8.00. The van der Waals surface area contributed by atoms with Gasteiger partial charge in [-0.2, -0.15) is 10.2 Å². The third-order valence-electron chi connectivity index (χ3n) is 5.64. The van der Waals surface area contributed by atoms with Crippen LogP contribution in [0.1, 0.15) is 24.4 Å². The van der Waals surface area contributed by atoms with Crippen LogP contribution in [0.4, 0.5) is 11.8 Å². The molecule has 0 aliphatic heterocycles. The molecule has 0 unspecified atom stereocenters. The fourth-order valence-corrected chi connectivity index (χ4v) is 3.93. The monoisotopic (exact) mass is 481 g/mol. The summed E-state index contributed by atoms with van der Waals surface area (Å²) in [6, 6.07) is 11.4. The Morgan fingerprint density at radius 1 is 1.17 bits per heavy atom. The van der Waals surface area contributed by atoms with Crippen molar-refractivity contribution < 1.29 is 4.52 Å². The highest BCUT2D eigenvalue weighted by molar-refractivity contribution is 5.94. The Bertz CT molecular complexity index is 1770. The van der Waals surface area contributed by atoms with Gasteiger partial charge in [-0.3, -0.25) is 9.59 Å². The van der Waals surface area contributed by atoms with Crippen LogP contribution in [0.5, 0.6) is 0 Å². The average molecular weight is 481 g/mol. The predicted octanol–water partition coefficient (Wildman–Crippen LogP) is 2.16. The lowest BCUT2D eigenvalue weighted by atomic mass is 10.0. The van der Waals surface area contributed by atoms with Crippen molar-refractivity contribution in [3.8, 4) is 23.0 Å². The molecule has 3 N–H and O–H groups in total. The van der Waals surface area contributed by atoms with Gasteiger partial charge in [0.2, 0.25) is 11.5 Å². The second-order valence-electron chi connectivity index (χ2n) is 8.00. The van der Waals surface area contributed by atoms with Gasteiger partial charge in [-0.05, 0) is 30.2 Å². The van der Waals surface area contributed by atoms with Crippen molar-refractivity contribution in [3.63, 3.8) is 0 Å². The van der Waals surface area contributed by atoms with Crippen LogP contribution in [0.3, 0.4) is 0 Å². The van der Waals surface area contributed by atoms with Crippen LogP contribution < -0.4 is 22.2 Å². The number of benzene rings is 1. The van der Waals surface area contributed by atoms with E-state index < -0.39 is 6.04 Å². The van der Waals surface area contributed by atoms with Crippen LogP contribution in [0.15, 0.2) is 69.2 Å². The van der Waals surface area contributed by atoms with Gasteiger partial charge in [0.1, 0.15) is 29.5 Å². The van der Waals surface area contributed by atoms with Gasteiger partial charge in [0.25, 0.3) is 5.56 Å². The number of nitrogen functional groups attached to an aromatic ring is 1. The number of nitrogens with zero attached hydrogens (tertiary/aromatic N) is 7. The van der Waals surface area contributed by atoms with E-state index in [0.29, 0.717) is 27.9 Å². The SMILES string of the molecule is C[C@H](Nc1nc(N)ncc1C#N)c1nc2cccc(-c3ccc(=O)n(C)c3)c2c(=O)n1-c1ccon1. The number of nitrogens with two attached hydrogens (primary N) is 1. The lowest BCUT2D eigenvalue weighted by Gasteiger charge is -2.20. The first kappa shape index (κ1) is 22.5. The summed E-state index contributed by atoms with van der Waals surface area (Å²) in [6.45, 7) is 1.76. The number of fused-ring (bicyclic) bond motifs is 1. The Labute approximate surface area is 203 Å². The first-order valence-electron chi connectivity index (χ1n) is 10.8. The lowest BCUT2D eigenvalue weighted by molar-refractivity contribution is 0.415. The summed E-state index contributed by atoms with van der Waals surface area (Å²) < 4.78 is 7.79. The van der Waals surface area contributed by atoms with Gasteiger partial charge in [-0.15, -0.1) is 0 Å². The zero-order valence-corrected chi connectivity index (χ0v) is 19.2. The molecule has 0 bridgehead atoms. The lowest BCUT2D eigenvalue weighted by Crippen LogP contribution is -2.28. The van der Waals surface area contributed by atoms with E-state index in [1.165, 1.54) is 27.7 Å². The van der Waals surface area contributed by atoms with E-state index in [4.69, 9.17) is 15.2 Å². The van der Waals surface area contributed by atoms with Gasteiger partial charge >= 0.3 is 0 Å². The van der Waals surface area contributed by atoms with Gasteiger partial charge in [-0.25, -0.2) is 14.5 Å². The van der Waals surface area contributed by atoms with Crippen molar-refractivity contribution >= 4 is 22.7 Å². The van der Waals surface area contributed by atoms with Crippen molar-refractivity contribution in [1.29, 1.82) is 5.26 Å². The molecule has 4 aromatic heterocycles. The zero-order valence-electron chi connectivity index (χ0n) is 19.2. The van der Waals surface area contributed by atoms with Crippen molar-refractivity contribution in [1.82, 2.24) is 29.2 Å². The molecule has 5 aromatic rings. The molecule has 4 heterocycles. The van der Waals surface area contributed by atoms with E-state index in [1.54, 1.807) is 50.5 Å². The molecule has 178 valence electrons. The Balaban J connectivity index is 1.74. The topological polar surface area (TPSA) is 171 Å². The van der Waals surface area contributed by atoms with E-state index in [-0.39, 0.29) is 34.3 Å². The van der Waals surface area contributed by atoms with Gasteiger partial charge in [0, 0.05) is 25.4 Å². The molecule has 36 heavy (non-hydrogen) atoms. The number of rotatable bonds is 5. The maximum absolute atomic E-state index is 14.0. The fourth-order valence-electron chi connectivity index (χ4n) is 3.93. The maximum atomic E-state index is 14.0. The average Bonchev–Trinajstić information content (AvgIpc) is 3.40. The van der Waals surface area contributed by atoms with Crippen molar-refractivity contribution in [2.45, 2.75) is 13.0 Å². The molecule has 0 saturated heterocycles. The van der Waals surface area contributed by atoms with Gasteiger partial charge in [-0.1, -0.05) is 17.3 Å². The van der Waals surface area contributed by atoms with Crippen molar-refractivity contribution in [3.05, 3.63) is 87.2 Å². The molecule has 0 amide bonds. The Morgan fingerprint density at radius 3 is 2.72 bits per heavy atom. The minimum absolute atomic E-state index is 0.00837. The molecule has 0 aliphatic rings. The molecule has 12 nitrogen and oxygen atoms in total. The van der Waals surface area contributed by atoms with Crippen LogP contribution in [0, 0.1) is 11.3 Å². The number of hydrogen-bond acceptors (Lipinski definition) is 10. The van der Waals surface area contributed by atoms with Gasteiger partial charge in [0.15, 0.2) is 5.82 Å². The number of nitrogens with one attached hydrogen (secondary N) is 1. The third-order valence-corrected chi connectivity index (χ3v) is 5.64. The highest BCUT2D eigenvalue weighted by Crippen LogP contribution is 2.28. The Hall–Kier alpha value is -5.31. The van der Waals surface area contributed by atoms with Crippen LogP contribution in [0.2, 0.25) is 0 Å². The molecule has 0 aliphatic carbocycles. The fraction of sp³-hybridized carbons (Fsp3) is 0.125. The number of aromatic nitrogens is 6. The minimum atomic E-state index is -0.610. The van der Waals surface area contributed by atoms with E-state index in [0.717, 1.165) is 0 Å². The molecule has 0 saturated carbocycles. The van der Waals surface area contributed by atoms with Gasteiger partial charge < -0.3 is 20.1 Å². The van der Waals surface area contributed by atoms with E-state index in [2.05, 4.69) is 20.4 Å². The van der Waals surface area contributed by atoms with Crippen molar-refractivity contribution in [2.75, 3.05) is 11.1 Å². The summed E-state index contributed by atoms with van der Waals surface area (Å²) in [7, 11) is 1.64. The normalized spacial score (nSPS) is 11.8. The molecule has 1 atom stereocenters. The molecule has 0 spiro atoms. The third kappa shape index (κ3) is 3.84. The molecule has 1 aromatic carbocycles. The highest BCUT2D eigenvalue weighted by atomic mass is 16.5. The van der Waals surface area contributed by atoms with Crippen LogP contribution in [0.25, 0.3) is 27.8 Å². The number of anilines is 2. The summed E-state index contributed by atoms with van der Waals surface area (Å²) in [5.41, 5.74) is 7.08. The molecular formula is C24H19N9O3. The van der Waals surface area contributed by atoms with Crippen molar-refractivity contribution in [2.24, 2.45) is 7.05 Å². The first-order valence-corrected chi connectivity index (χ1v) is 10.8. The molecule has 5 rings (SSSR count). The van der Waals surface area contributed by atoms with Crippen LogP contribution in [-0.2, 0) is 7.05 Å². The number of hydrogen-bond donors (Lipinski definition) is 2. The van der Waals surface area contributed by atoms with E-state index in [1.807, 2.05) is 6.07 Å². The maximum Gasteiger partial charge on any atom is 0.267 e. The molecular weight excluding hydrogens is 462 g/mol. The second kappa shape index (κ2) is 8.80. The first-order chi connectivity index (χ1) is 17.4. The summed E-state index contributed by atoms with van der Waals surface area (Å²) in [4.78, 5) is 38.6. The van der Waals surface area contributed by atoms with E-state index >= 15 is 0 Å². The molecule has 12 heteroatoms. The standard InChI is InChI=1S/C24H19N9O3/c1-13(28-21-15(10-25)11-27-24(26)30-21)22-29-17-5-3-4-16(14-6-7-19(34)32(2)12-14)20(17)23(35)33(22)18-8-9-36-31-18/h3-9,11-13H,1-2H3,(H3,26,27,28,30)/t13-/m0/s1. The molecule has 0 fully saturated rings. The number of pyridine rings is 1. The summed E-state index contributed by atoms with van der Waals surface area (Å²) >= 11 is 0. The number of aryl methyl sites for hydroxylation is 1. The minimum Gasteiger partial charge on any atom is -0.368 e. The molecule has 0 radical (unpaired) electrons. The Morgan fingerprint density at radius 2 is 2.00 bits per heavy atom. The van der Waals surface area contributed by atoms with Gasteiger partial charge in [0.05, 0.1) is 23.1 Å². The smallest absolute Gasteiger partial charge is 0.267 e. The number of nitriles is 1. The largest absolute Gasteiger partial charge is 0.368 e. The van der Waals surface area contributed by atoms with Crippen LogP contribution >= 0.6 is 0 Å². The van der Waals surface area contributed by atoms with Crippen LogP contribution in [-0.4, -0.2) is 29.2 Å². The summed E-state index contributed by atoms with van der Waals surface area (Å²) in [6.07, 6.45) is 4.33. The zero-order chi connectivity index (χ0) is 25.4. The Kier molecular flexibility index (Phi) is 5.50. The quantitative estimate of drug-likeness (QED) is 0.379. The highest BCUT2D eigenvalue weighted by Gasteiger charge is 2.22.